The number of pyridine rings is 1. The fourth-order valence-corrected chi connectivity index (χ4v) is 5.02. The summed E-state index contributed by atoms with van der Waals surface area (Å²) in [6, 6.07) is 7.14. The van der Waals surface area contributed by atoms with Crippen molar-refractivity contribution < 1.29 is 35.9 Å². The van der Waals surface area contributed by atoms with Crippen LogP contribution in [0.25, 0.3) is 0 Å². The van der Waals surface area contributed by atoms with Gasteiger partial charge in [0.2, 0.25) is 5.60 Å². The zero-order chi connectivity index (χ0) is 24.9. The highest BCUT2D eigenvalue weighted by atomic mass is 32.2. The molecule has 2 aliphatic rings. The molecule has 4 rings (SSSR count). The van der Waals surface area contributed by atoms with Crippen molar-refractivity contribution in [2.45, 2.75) is 62.3 Å². The van der Waals surface area contributed by atoms with Gasteiger partial charge in [-0.1, -0.05) is 0 Å². The molecule has 1 aromatic heterocycles. The van der Waals surface area contributed by atoms with Crippen LogP contribution in [0.4, 0.5) is 29.3 Å². The Balaban J connectivity index is 1.63. The molecule has 1 unspecified atom stereocenters. The minimum absolute atomic E-state index is 0.00538. The minimum Gasteiger partial charge on any atom is -0.487 e. The van der Waals surface area contributed by atoms with Crippen molar-refractivity contribution in [1.82, 2.24) is 4.98 Å². The molecule has 2 aromatic rings. The molecule has 0 saturated heterocycles. The number of sulfonamides is 1. The first-order chi connectivity index (χ1) is 15.8. The summed E-state index contributed by atoms with van der Waals surface area (Å²) >= 11 is 0. The molecule has 0 spiro atoms. The van der Waals surface area contributed by atoms with Crippen molar-refractivity contribution in [2.75, 3.05) is 16.2 Å². The number of amides is 1. The summed E-state index contributed by atoms with van der Waals surface area (Å²) < 4.78 is 77.5. The topological polar surface area (TPSA) is 97.8 Å². The second-order valence-corrected chi connectivity index (χ2v) is 10.7. The summed E-state index contributed by atoms with van der Waals surface area (Å²) in [5.41, 5.74) is -1.79. The van der Waals surface area contributed by atoms with Gasteiger partial charge in [0.1, 0.15) is 11.9 Å². The molecule has 1 N–H and O–H groups in total. The minimum atomic E-state index is -4.76. The number of halogens is 3. The maximum Gasteiger partial charge on any atom is 0.427 e. The predicted molar refractivity (Wildman–Crippen MR) is 118 cm³/mol. The van der Waals surface area contributed by atoms with Crippen LogP contribution in [0.5, 0.6) is 5.75 Å². The molecule has 0 radical (unpaired) electrons. The Bertz CT molecular complexity index is 1210. The van der Waals surface area contributed by atoms with Gasteiger partial charge in [-0.05, 0) is 63.9 Å². The number of hydrogen-bond donors (Lipinski definition) is 1. The molecule has 2 heterocycles. The summed E-state index contributed by atoms with van der Waals surface area (Å²) in [7, 11) is -4.01. The number of nitrogens with zero attached hydrogens (tertiary/aromatic N) is 2. The molecule has 1 atom stereocenters. The van der Waals surface area contributed by atoms with Crippen molar-refractivity contribution in [3.05, 3.63) is 42.2 Å². The van der Waals surface area contributed by atoms with Crippen LogP contribution < -0.4 is 14.4 Å². The third kappa shape index (κ3) is 4.77. The fraction of sp³-hybridized carbons (Fsp3) is 0.455. The fourth-order valence-electron chi connectivity index (χ4n) is 3.45. The Hall–Kier alpha value is -3.02. The Morgan fingerprint density at radius 2 is 1.91 bits per heavy atom. The lowest BCUT2D eigenvalue weighted by Gasteiger charge is -2.34. The van der Waals surface area contributed by atoms with Crippen LogP contribution in [-0.2, 0) is 14.8 Å². The SMILES string of the molecule is CC1CN(S(=O)(=O)c2ccnc(C3CC3)c2)c2cc(NC(=O)OC(C)(C)C(F)(F)F)ccc2O1. The molecule has 1 fully saturated rings. The average Bonchev–Trinajstić information content (AvgIpc) is 3.57. The molecule has 12 heteroatoms. The standard InChI is InChI=1S/C22H24F3N3O5S/c1-13-12-28(34(30,31)16-8-9-26-17(11-16)14-4-5-14)18-10-15(6-7-19(18)32-13)27-20(29)33-21(2,3)22(23,24)25/h6-11,13-14H,4-5,12H2,1-3H3,(H,27,29). The van der Waals surface area contributed by atoms with Crippen LogP contribution >= 0.6 is 0 Å². The summed E-state index contributed by atoms with van der Waals surface area (Å²) in [5.74, 6) is 0.516. The second kappa shape index (κ2) is 8.33. The summed E-state index contributed by atoms with van der Waals surface area (Å²) in [4.78, 5) is 16.4. The monoisotopic (exact) mass is 499 g/mol. The molecule has 1 aromatic carbocycles. The Labute approximate surface area is 195 Å². The second-order valence-electron chi connectivity index (χ2n) is 8.86. The third-order valence-corrected chi connectivity index (χ3v) is 7.37. The van der Waals surface area contributed by atoms with Crippen molar-refractivity contribution in [1.29, 1.82) is 0 Å². The van der Waals surface area contributed by atoms with Gasteiger partial charge in [-0.15, -0.1) is 0 Å². The molecule has 1 amide bonds. The highest BCUT2D eigenvalue weighted by Gasteiger charge is 2.51. The Morgan fingerprint density at radius 1 is 1.21 bits per heavy atom. The van der Waals surface area contributed by atoms with Gasteiger partial charge in [-0.2, -0.15) is 13.2 Å². The number of carbonyl (C=O) groups excluding carboxylic acids is 1. The molecular weight excluding hydrogens is 475 g/mol. The van der Waals surface area contributed by atoms with E-state index in [1.54, 1.807) is 13.0 Å². The van der Waals surface area contributed by atoms with E-state index in [-0.39, 0.29) is 34.5 Å². The number of benzene rings is 1. The van der Waals surface area contributed by atoms with Crippen LogP contribution in [0.2, 0.25) is 0 Å². The molecule has 34 heavy (non-hydrogen) atoms. The van der Waals surface area contributed by atoms with E-state index in [9.17, 15) is 26.4 Å². The number of rotatable bonds is 5. The molecule has 0 bridgehead atoms. The van der Waals surface area contributed by atoms with Crippen LogP contribution in [0, 0.1) is 0 Å². The first-order valence-corrected chi connectivity index (χ1v) is 12.1. The van der Waals surface area contributed by atoms with Crippen molar-refractivity contribution in [2.24, 2.45) is 0 Å². The van der Waals surface area contributed by atoms with E-state index in [0.717, 1.165) is 26.7 Å². The number of ether oxygens (including phenoxy) is 2. The van der Waals surface area contributed by atoms with Crippen molar-refractivity contribution in [3.63, 3.8) is 0 Å². The zero-order valence-electron chi connectivity index (χ0n) is 18.7. The number of aromatic nitrogens is 1. The van der Waals surface area contributed by atoms with E-state index in [4.69, 9.17) is 4.74 Å². The number of carbonyl (C=O) groups is 1. The number of hydrogen-bond acceptors (Lipinski definition) is 6. The first-order valence-electron chi connectivity index (χ1n) is 10.6. The van der Waals surface area contributed by atoms with Gasteiger partial charge in [0.05, 0.1) is 17.1 Å². The lowest BCUT2D eigenvalue weighted by molar-refractivity contribution is -0.242. The number of alkyl halides is 3. The van der Waals surface area contributed by atoms with Crippen LogP contribution in [0.3, 0.4) is 0 Å². The zero-order valence-corrected chi connectivity index (χ0v) is 19.5. The van der Waals surface area contributed by atoms with Gasteiger partial charge in [0.15, 0.2) is 0 Å². The van der Waals surface area contributed by atoms with E-state index < -0.39 is 34.0 Å². The summed E-state index contributed by atoms with van der Waals surface area (Å²) in [6.07, 6.45) is -3.16. The van der Waals surface area contributed by atoms with Gasteiger partial charge < -0.3 is 9.47 Å². The molecular formula is C22H24F3N3O5S. The van der Waals surface area contributed by atoms with Crippen molar-refractivity contribution in [3.8, 4) is 5.75 Å². The van der Waals surface area contributed by atoms with Crippen LogP contribution in [-0.4, -0.2) is 43.9 Å². The molecule has 8 nitrogen and oxygen atoms in total. The molecule has 1 aliphatic heterocycles. The maximum absolute atomic E-state index is 13.5. The summed E-state index contributed by atoms with van der Waals surface area (Å²) in [5, 5.41) is 2.23. The van der Waals surface area contributed by atoms with Crippen LogP contribution in [0.15, 0.2) is 41.4 Å². The maximum atomic E-state index is 13.5. The number of anilines is 2. The largest absolute Gasteiger partial charge is 0.487 e. The van der Waals surface area contributed by atoms with E-state index in [2.05, 4.69) is 15.0 Å². The highest BCUT2D eigenvalue weighted by Crippen LogP contribution is 2.42. The predicted octanol–water partition coefficient (Wildman–Crippen LogP) is 4.82. The molecule has 1 saturated carbocycles. The first kappa shape index (κ1) is 24.1. The average molecular weight is 500 g/mol. The van der Waals surface area contributed by atoms with Gasteiger partial charge in [-0.25, -0.2) is 13.2 Å². The van der Waals surface area contributed by atoms with Gasteiger partial charge in [0.25, 0.3) is 10.0 Å². The molecule has 184 valence electrons. The number of nitrogens with one attached hydrogen (secondary N) is 1. The smallest absolute Gasteiger partial charge is 0.427 e. The lowest BCUT2D eigenvalue weighted by atomic mass is 10.1. The van der Waals surface area contributed by atoms with Crippen molar-refractivity contribution >= 4 is 27.5 Å². The van der Waals surface area contributed by atoms with Gasteiger partial charge >= 0.3 is 12.3 Å². The summed E-state index contributed by atoms with van der Waals surface area (Å²) in [6.45, 7) is 3.18. The third-order valence-electron chi connectivity index (χ3n) is 5.59. The Morgan fingerprint density at radius 3 is 2.56 bits per heavy atom. The van der Waals surface area contributed by atoms with Gasteiger partial charge in [-0.3, -0.25) is 14.6 Å². The lowest BCUT2D eigenvalue weighted by Crippen LogP contribution is -2.44. The molecule has 1 aliphatic carbocycles. The normalized spacial score (nSPS) is 18.6. The van der Waals surface area contributed by atoms with Crippen LogP contribution in [0.1, 0.15) is 45.2 Å². The van der Waals surface area contributed by atoms with E-state index in [1.165, 1.54) is 34.8 Å². The van der Waals surface area contributed by atoms with E-state index in [1.807, 2.05) is 0 Å². The number of fused-ring (bicyclic) bond motifs is 1. The highest BCUT2D eigenvalue weighted by molar-refractivity contribution is 7.92. The quantitative estimate of drug-likeness (QED) is 0.633. The van der Waals surface area contributed by atoms with Gasteiger partial charge in [0, 0.05) is 23.5 Å². The van der Waals surface area contributed by atoms with E-state index in [0.29, 0.717) is 5.69 Å². The Kier molecular flexibility index (Phi) is 5.91. The van der Waals surface area contributed by atoms with E-state index >= 15 is 0 Å².